The molecule has 2 unspecified atom stereocenters. The van der Waals surface area contributed by atoms with Crippen LogP contribution in [-0.4, -0.2) is 18.0 Å². The lowest BCUT2D eigenvalue weighted by atomic mass is 9.77. The van der Waals surface area contributed by atoms with Gasteiger partial charge in [-0.3, -0.25) is 4.79 Å². The molecule has 0 aromatic rings. The topological polar surface area (TPSA) is 55.1 Å². The van der Waals surface area contributed by atoms with Crippen LogP contribution in [-0.2, 0) is 4.79 Å². The summed E-state index contributed by atoms with van der Waals surface area (Å²) in [6, 6.07) is 0.650. The SMILES string of the molecule is CC(C)C1CCCCC1NC(=O)C[C@@H]1CCC[C@H]1N. The van der Waals surface area contributed by atoms with Crippen LogP contribution in [0.5, 0.6) is 0 Å². The van der Waals surface area contributed by atoms with Gasteiger partial charge in [-0.25, -0.2) is 0 Å². The molecule has 0 aromatic carbocycles. The van der Waals surface area contributed by atoms with Gasteiger partial charge in [-0.1, -0.05) is 33.1 Å². The van der Waals surface area contributed by atoms with Gasteiger partial charge in [0.05, 0.1) is 0 Å². The maximum atomic E-state index is 12.2. The van der Waals surface area contributed by atoms with Crippen LogP contribution in [0.15, 0.2) is 0 Å². The summed E-state index contributed by atoms with van der Waals surface area (Å²) in [6.45, 7) is 4.56. The van der Waals surface area contributed by atoms with Crippen LogP contribution < -0.4 is 11.1 Å². The summed E-state index contributed by atoms with van der Waals surface area (Å²) in [7, 11) is 0. The molecule has 1 amide bonds. The van der Waals surface area contributed by atoms with Gasteiger partial charge >= 0.3 is 0 Å². The zero-order valence-electron chi connectivity index (χ0n) is 12.5. The van der Waals surface area contributed by atoms with Gasteiger partial charge in [-0.2, -0.15) is 0 Å². The van der Waals surface area contributed by atoms with Crippen LogP contribution in [0.25, 0.3) is 0 Å². The summed E-state index contributed by atoms with van der Waals surface area (Å²) >= 11 is 0. The second-order valence-corrected chi connectivity index (χ2v) is 6.93. The van der Waals surface area contributed by atoms with Crippen LogP contribution in [0, 0.1) is 17.8 Å². The lowest BCUT2D eigenvalue weighted by Gasteiger charge is -2.35. The first-order valence-corrected chi connectivity index (χ1v) is 8.13. The Morgan fingerprint density at radius 1 is 1.16 bits per heavy atom. The zero-order valence-corrected chi connectivity index (χ0v) is 12.5. The second kappa shape index (κ2) is 6.74. The van der Waals surface area contributed by atoms with Crippen LogP contribution in [0.3, 0.4) is 0 Å². The number of carbonyl (C=O) groups excluding carboxylic acids is 1. The van der Waals surface area contributed by atoms with Crippen molar-refractivity contribution < 1.29 is 4.79 Å². The van der Waals surface area contributed by atoms with Crippen LogP contribution in [0.2, 0.25) is 0 Å². The van der Waals surface area contributed by atoms with Gasteiger partial charge < -0.3 is 11.1 Å². The number of nitrogens with one attached hydrogen (secondary N) is 1. The molecule has 0 saturated heterocycles. The monoisotopic (exact) mass is 266 g/mol. The van der Waals surface area contributed by atoms with E-state index < -0.39 is 0 Å². The molecule has 0 aromatic heterocycles. The van der Waals surface area contributed by atoms with E-state index >= 15 is 0 Å². The first kappa shape index (κ1) is 14.8. The molecule has 2 rings (SSSR count). The van der Waals surface area contributed by atoms with E-state index in [1.807, 2.05) is 0 Å². The Kier molecular flexibility index (Phi) is 5.26. The number of hydrogen-bond donors (Lipinski definition) is 2. The molecule has 0 bridgehead atoms. The number of nitrogens with two attached hydrogens (primary N) is 1. The Hall–Kier alpha value is -0.570. The fraction of sp³-hybridized carbons (Fsp3) is 0.938. The van der Waals surface area contributed by atoms with Crippen molar-refractivity contribution in [2.24, 2.45) is 23.5 Å². The standard InChI is InChI=1S/C16H30N2O/c1-11(2)13-7-3-4-9-15(13)18-16(19)10-12-6-5-8-14(12)17/h11-15H,3-10,17H2,1-2H3,(H,18,19)/t12-,13?,14+,15?/m0/s1. The first-order chi connectivity index (χ1) is 9.08. The minimum Gasteiger partial charge on any atom is -0.353 e. The van der Waals surface area contributed by atoms with E-state index in [2.05, 4.69) is 19.2 Å². The van der Waals surface area contributed by atoms with Crippen molar-refractivity contribution in [3.63, 3.8) is 0 Å². The molecule has 2 aliphatic rings. The maximum Gasteiger partial charge on any atom is 0.220 e. The molecule has 2 saturated carbocycles. The summed E-state index contributed by atoms with van der Waals surface area (Å²) in [5, 5.41) is 3.30. The van der Waals surface area contributed by atoms with Crippen molar-refractivity contribution in [2.45, 2.75) is 77.3 Å². The van der Waals surface area contributed by atoms with E-state index in [0.717, 1.165) is 19.3 Å². The lowest BCUT2D eigenvalue weighted by molar-refractivity contribution is -0.123. The van der Waals surface area contributed by atoms with Crippen LogP contribution in [0.1, 0.15) is 65.2 Å². The zero-order chi connectivity index (χ0) is 13.8. The quantitative estimate of drug-likeness (QED) is 0.822. The van der Waals surface area contributed by atoms with Gasteiger partial charge in [0.25, 0.3) is 0 Å². The molecule has 3 nitrogen and oxygen atoms in total. The van der Waals surface area contributed by atoms with Gasteiger partial charge in [0, 0.05) is 18.5 Å². The highest BCUT2D eigenvalue weighted by atomic mass is 16.1. The lowest BCUT2D eigenvalue weighted by Crippen LogP contribution is -2.45. The fourth-order valence-corrected chi connectivity index (χ4v) is 3.96. The molecular formula is C16H30N2O. The number of amides is 1. The first-order valence-electron chi connectivity index (χ1n) is 8.13. The minimum absolute atomic E-state index is 0.236. The molecule has 0 aliphatic heterocycles. The van der Waals surface area contributed by atoms with Gasteiger partial charge in [0.2, 0.25) is 5.91 Å². The van der Waals surface area contributed by atoms with Gasteiger partial charge in [-0.05, 0) is 43.4 Å². The highest BCUT2D eigenvalue weighted by Gasteiger charge is 2.31. The smallest absolute Gasteiger partial charge is 0.220 e. The molecule has 3 heteroatoms. The van der Waals surface area contributed by atoms with Gasteiger partial charge in [-0.15, -0.1) is 0 Å². The Morgan fingerprint density at radius 3 is 2.53 bits per heavy atom. The van der Waals surface area contributed by atoms with E-state index in [4.69, 9.17) is 5.73 Å². The minimum atomic E-state index is 0.236. The van der Waals surface area contributed by atoms with Crippen molar-refractivity contribution in [3.05, 3.63) is 0 Å². The Bertz CT molecular complexity index is 303. The summed E-state index contributed by atoms with van der Waals surface area (Å²) in [4.78, 5) is 12.2. The van der Waals surface area contributed by atoms with E-state index in [0.29, 0.717) is 30.2 Å². The highest BCUT2D eigenvalue weighted by Crippen LogP contribution is 2.31. The van der Waals surface area contributed by atoms with Crippen molar-refractivity contribution in [2.75, 3.05) is 0 Å². The molecular weight excluding hydrogens is 236 g/mol. The van der Waals surface area contributed by atoms with E-state index in [1.54, 1.807) is 0 Å². The summed E-state index contributed by atoms with van der Waals surface area (Å²) in [5.74, 6) is 1.98. The molecule has 0 spiro atoms. The summed E-state index contributed by atoms with van der Waals surface area (Å²) in [5.41, 5.74) is 6.06. The van der Waals surface area contributed by atoms with E-state index in [-0.39, 0.29) is 11.9 Å². The molecule has 2 fully saturated rings. The van der Waals surface area contributed by atoms with Crippen molar-refractivity contribution in [1.29, 1.82) is 0 Å². The molecule has 2 aliphatic carbocycles. The van der Waals surface area contributed by atoms with Crippen LogP contribution >= 0.6 is 0 Å². The number of hydrogen-bond acceptors (Lipinski definition) is 2. The van der Waals surface area contributed by atoms with E-state index in [1.165, 1.54) is 25.7 Å². The largest absolute Gasteiger partial charge is 0.353 e. The Balaban J connectivity index is 1.83. The van der Waals surface area contributed by atoms with E-state index in [9.17, 15) is 4.79 Å². The molecule has 0 radical (unpaired) electrons. The summed E-state index contributed by atoms with van der Waals surface area (Å²) < 4.78 is 0. The average molecular weight is 266 g/mol. The highest BCUT2D eigenvalue weighted by molar-refractivity contribution is 5.76. The Morgan fingerprint density at radius 2 is 1.89 bits per heavy atom. The second-order valence-electron chi connectivity index (χ2n) is 6.93. The third-order valence-electron chi connectivity index (χ3n) is 5.19. The van der Waals surface area contributed by atoms with Crippen molar-refractivity contribution in [3.8, 4) is 0 Å². The molecule has 0 heterocycles. The molecule has 110 valence electrons. The van der Waals surface area contributed by atoms with Crippen LogP contribution in [0.4, 0.5) is 0 Å². The van der Waals surface area contributed by atoms with Gasteiger partial charge in [0.1, 0.15) is 0 Å². The molecule has 4 atom stereocenters. The third-order valence-corrected chi connectivity index (χ3v) is 5.19. The van der Waals surface area contributed by atoms with Gasteiger partial charge in [0.15, 0.2) is 0 Å². The number of carbonyl (C=O) groups is 1. The molecule has 3 N–H and O–H groups in total. The molecule has 19 heavy (non-hydrogen) atoms. The Labute approximate surface area is 117 Å². The predicted molar refractivity (Wildman–Crippen MR) is 78.7 cm³/mol. The van der Waals surface area contributed by atoms with Crippen molar-refractivity contribution in [1.82, 2.24) is 5.32 Å². The average Bonchev–Trinajstić information content (AvgIpc) is 2.75. The third kappa shape index (κ3) is 3.95. The normalized spacial score (nSPS) is 35.6. The van der Waals surface area contributed by atoms with Crippen molar-refractivity contribution >= 4 is 5.91 Å². The number of rotatable bonds is 4. The fourth-order valence-electron chi connectivity index (χ4n) is 3.96. The summed E-state index contributed by atoms with van der Waals surface area (Å²) in [6.07, 6.45) is 9.07. The maximum absolute atomic E-state index is 12.2. The predicted octanol–water partition coefficient (Wildman–Crippen LogP) is 2.83.